The highest BCUT2D eigenvalue weighted by atomic mass is 32.1. The fourth-order valence-corrected chi connectivity index (χ4v) is 6.01. The highest BCUT2D eigenvalue weighted by Gasteiger charge is 2.49. The summed E-state index contributed by atoms with van der Waals surface area (Å²) in [7, 11) is 0. The first kappa shape index (κ1) is 13.7. The maximum Gasteiger partial charge on any atom is 0.265 e. The Labute approximate surface area is 130 Å². The van der Waals surface area contributed by atoms with Crippen LogP contribution in [0.4, 0.5) is 0 Å². The zero-order valence-electron chi connectivity index (χ0n) is 13.0. The van der Waals surface area contributed by atoms with Crippen LogP contribution in [0.3, 0.4) is 0 Å². The van der Waals surface area contributed by atoms with Crippen LogP contribution in [-0.2, 0) is 6.42 Å². The first-order valence-electron chi connectivity index (χ1n) is 8.43. The normalized spacial score (nSPS) is 34.3. The second-order valence-electron chi connectivity index (χ2n) is 7.07. The van der Waals surface area contributed by atoms with E-state index in [4.69, 9.17) is 0 Å². The van der Waals surface area contributed by atoms with Crippen molar-refractivity contribution >= 4 is 17.2 Å². The van der Waals surface area contributed by atoms with Crippen molar-refractivity contribution in [1.29, 1.82) is 0 Å². The predicted molar refractivity (Wildman–Crippen MR) is 84.6 cm³/mol. The van der Waals surface area contributed by atoms with E-state index in [2.05, 4.69) is 16.8 Å². The van der Waals surface area contributed by atoms with Crippen LogP contribution in [0.25, 0.3) is 0 Å². The van der Waals surface area contributed by atoms with Crippen molar-refractivity contribution < 1.29 is 4.79 Å². The molecule has 3 saturated carbocycles. The van der Waals surface area contributed by atoms with Gasteiger partial charge in [-0.25, -0.2) is 4.98 Å². The molecule has 2 atom stereocenters. The summed E-state index contributed by atoms with van der Waals surface area (Å²) < 4.78 is 0. The first-order chi connectivity index (χ1) is 10.2. The zero-order valence-corrected chi connectivity index (χ0v) is 13.8. The number of amides is 1. The van der Waals surface area contributed by atoms with E-state index in [0.717, 1.165) is 58.8 Å². The molecule has 0 spiro atoms. The monoisotopic (exact) mass is 304 g/mol. The number of hydrogen-bond donors (Lipinski definition) is 0. The SMILES string of the molecule is CCc1nc(C)sc1C(=O)N1C[C@@H]2C3CCC(CC3)[C@@H]2C1. The van der Waals surface area contributed by atoms with Crippen LogP contribution in [0.2, 0.25) is 0 Å². The van der Waals surface area contributed by atoms with Gasteiger partial charge in [0.1, 0.15) is 4.88 Å². The Morgan fingerprint density at radius 2 is 1.76 bits per heavy atom. The van der Waals surface area contributed by atoms with E-state index in [1.165, 1.54) is 25.7 Å². The van der Waals surface area contributed by atoms with Gasteiger partial charge in [0.05, 0.1) is 10.7 Å². The molecule has 0 unspecified atom stereocenters. The molecule has 5 rings (SSSR count). The molecule has 2 bridgehead atoms. The largest absolute Gasteiger partial charge is 0.337 e. The number of fused-ring (bicyclic) bond motifs is 2. The predicted octanol–water partition coefficient (Wildman–Crippen LogP) is 3.52. The van der Waals surface area contributed by atoms with Crippen molar-refractivity contribution in [2.75, 3.05) is 13.1 Å². The van der Waals surface area contributed by atoms with Gasteiger partial charge in [0.25, 0.3) is 5.91 Å². The van der Waals surface area contributed by atoms with E-state index in [0.29, 0.717) is 0 Å². The Bertz CT molecular complexity index is 539. The van der Waals surface area contributed by atoms with Crippen LogP contribution in [0.15, 0.2) is 0 Å². The number of thiazole rings is 1. The number of nitrogens with zero attached hydrogens (tertiary/aromatic N) is 2. The second kappa shape index (κ2) is 5.08. The molecule has 4 aliphatic rings. The molecule has 1 aromatic rings. The standard InChI is InChI=1S/C17H24N2OS/c1-3-15-16(21-10(2)18-15)17(20)19-8-13-11-4-5-12(7-6-11)14(13)9-19/h11-14H,3-9H2,1-2H3/t11?,12?,13-,14+. The molecule has 1 saturated heterocycles. The van der Waals surface area contributed by atoms with Crippen LogP contribution >= 0.6 is 11.3 Å². The number of rotatable bonds is 2. The quantitative estimate of drug-likeness (QED) is 0.837. The van der Waals surface area contributed by atoms with Gasteiger partial charge in [-0.3, -0.25) is 4.79 Å². The maximum absolute atomic E-state index is 12.9. The van der Waals surface area contributed by atoms with Gasteiger partial charge >= 0.3 is 0 Å². The fraction of sp³-hybridized carbons (Fsp3) is 0.765. The molecule has 0 N–H and O–H groups in total. The van der Waals surface area contributed by atoms with Crippen molar-refractivity contribution in [3.05, 3.63) is 15.6 Å². The van der Waals surface area contributed by atoms with Gasteiger partial charge in [-0.1, -0.05) is 6.92 Å². The third-order valence-electron chi connectivity index (χ3n) is 6.06. The lowest BCUT2D eigenvalue weighted by molar-refractivity contribution is 0.0577. The highest BCUT2D eigenvalue weighted by molar-refractivity contribution is 7.13. The number of carbonyl (C=O) groups excluding carboxylic acids is 1. The third-order valence-corrected chi connectivity index (χ3v) is 7.06. The van der Waals surface area contributed by atoms with E-state index in [9.17, 15) is 4.79 Å². The Balaban J connectivity index is 1.56. The van der Waals surface area contributed by atoms with E-state index in [1.807, 2.05) is 6.92 Å². The van der Waals surface area contributed by atoms with E-state index in [-0.39, 0.29) is 5.91 Å². The van der Waals surface area contributed by atoms with E-state index >= 15 is 0 Å². The molecule has 3 aliphatic carbocycles. The topological polar surface area (TPSA) is 33.2 Å². The fourth-order valence-electron chi connectivity index (χ4n) is 5.04. The summed E-state index contributed by atoms with van der Waals surface area (Å²) in [6.07, 6.45) is 6.50. The summed E-state index contributed by atoms with van der Waals surface area (Å²) in [5.74, 6) is 3.63. The number of aromatic nitrogens is 1. The molecule has 4 heteroatoms. The summed E-state index contributed by atoms with van der Waals surface area (Å²) in [6, 6.07) is 0. The lowest BCUT2D eigenvalue weighted by Crippen LogP contribution is -2.38. The van der Waals surface area contributed by atoms with Crippen molar-refractivity contribution in [2.45, 2.75) is 46.0 Å². The molecule has 0 radical (unpaired) electrons. The molecule has 1 aliphatic heterocycles. The molecule has 114 valence electrons. The van der Waals surface area contributed by atoms with Gasteiger partial charge in [-0.05, 0) is 62.7 Å². The van der Waals surface area contributed by atoms with E-state index < -0.39 is 0 Å². The Hall–Kier alpha value is -0.900. The summed E-state index contributed by atoms with van der Waals surface area (Å²) in [4.78, 5) is 20.5. The van der Waals surface area contributed by atoms with Gasteiger partial charge in [-0.2, -0.15) is 0 Å². The van der Waals surface area contributed by atoms with Crippen molar-refractivity contribution in [2.24, 2.45) is 23.7 Å². The Morgan fingerprint density at radius 1 is 1.19 bits per heavy atom. The molecule has 21 heavy (non-hydrogen) atoms. The third kappa shape index (κ3) is 2.14. The van der Waals surface area contributed by atoms with Crippen LogP contribution in [0.5, 0.6) is 0 Å². The molecular formula is C17H24N2OS. The summed E-state index contributed by atoms with van der Waals surface area (Å²) in [6.45, 7) is 6.11. The Morgan fingerprint density at radius 3 is 2.29 bits per heavy atom. The second-order valence-corrected chi connectivity index (χ2v) is 8.28. The van der Waals surface area contributed by atoms with Gasteiger partial charge in [0.15, 0.2) is 0 Å². The summed E-state index contributed by atoms with van der Waals surface area (Å²) in [5.41, 5.74) is 1.00. The highest BCUT2D eigenvalue weighted by Crippen LogP contribution is 2.52. The number of aryl methyl sites for hydroxylation is 2. The molecule has 2 heterocycles. The minimum Gasteiger partial charge on any atom is -0.337 e. The zero-order chi connectivity index (χ0) is 14.6. The molecule has 1 amide bonds. The van der Waals surface area contributed by atoms with Crippen LogP contribution in [0, 0.1) is 30.6 Å². The number of hydrogen-bond acceptors (Lipinski definition) is 3. The first-order valence-corrected chi connectivity index (χ1v) is 9.24. The molecule has 0 aromatic carbocycles. The average molecular weight is 304 g/mol. The number of likely N-dealkylation sites (tertiary alicyclic amines) is 1. The van der Waals surface area contributed by atoms with Gasteiger partial charge in [0.2, 0.25) is 0 Å². The lowest BCUT2D eigenvalue weighted by Gasteiger charge is -2.44. The molecule has 3 nitrogen and oxygen atoms in total. The van der Waals surface area contributed by atoms with Crippen molar-refractivity contribution in [1.82, 2.24) is 9.88 Å². The molecule has 4 fully saturated rings. The summed E-state index contributed by atoms with van der Waals surface area (Å²) in [5, 5.41) is 1.02. The summed E-state index contributed by atoms with van der Waals surface area (Å²) >= 11 is 1.58. The van der Waals surface area contributed by atoms with Crippen LogP contribution in [0.1, 0.15) is 53.0 Å². The average Bonchev–Trinajstić information content (AvgIpc) is 3.12. The van der Waals surface area contributed by atoms with Gasteiger partial charge in [-0.15, -0.1) is 11.3 Å². The number of carbonyl (C=O) groups is 1. The van der Waals surface area contributed by atoms with E-state index in [1.54, 1.807) is 11.3 Å². The lowest BCUT2D eigenvalue weighted by atomic mass is 9.60. The maximum atomic E-state index is 12.9. The van der Waals surface area contributed by atoms with Gasteiger partial charge in [0, 0.05) is 13.1 Å². The smallest absolute Gasteiger partial charge is 0.265 e. The van der Waals surface area contributed by atoms with Crippen molar-refractivity contribution in [3.63, 3.8) is 0 Å². The minimum atomic E-state index is 0.256. The molecular weight excluding hydrogens is 280 g/mol. The Kier molecular flexibility index (Phi) is 3.32. The van der Waals surface area contributed by atoms with Crippen molar-refractivity contribution in [3.8, 4) is 0 Å². The minimum absolute atomic E-state index is 0.256. The van der Waals surface area contributed by atoms with Crippen LogP contribution < -0.4 is 0 Å². The van der Waals surface area contributed by atoms with Gasteiger partial charge < -0.3 is 4.90 Å². The molecule has 1 aromatic heterocycles. The van der Waals surface area contributed by atoms with Crippen LogP contribution in [-0.4, -0.2) is 28.9 Å².